The summed E-state index contributed by atoms with van der Waals surface area (Å²) in [7, 11) is 0. The number of likely N-dealkylation sites (tertiary alicyclic amines) is 1. The van der Waals surface area contributed by atoms with Crippen molar-refractivity contribution >= 4 is 23.6 Å². The Kier molecular flexibility index (Phi) is 8.26. The molecule has 1 fully saturated rings. The minimum absolute atomic E-state index is 0.162. The molecule has 146 valence electrons. The Labute approximate surface area is 164 Å². The average Bonchev–Trinajstić information content (AvgIpc) is 3.15. The normalized spacial score (nSPS) is 17.4. The van der Waals surface area contributed by atoms with Gasteiger partial charge in [0.2, 0.25) is 5.91 Å². The highest BCUT2D eigenvalue weighted by Crippen LogP contribution is 2.19. The van der Waals surface area contributed by atoms with E-state index in [4.69, 9.17) is 16.3 Å². The van der Waals surface area contributed by atoms with Gasteiger partial charge in [-0.25, -0.2) is 9.78 Å². The molecule has 0 aliphatic carbocycles. The molecule has 0 bridgehead atoms. The molecule has 27 heavy (non-hydrogen) atoms. The van der Waals surface area contributed by atoms with Crippen molar-refractivity contribution in [3.63, 3.8) is 0 Å². The molecular weight excluding hydrogens is 368 g/mol. The fourth-order valence-corrected chi connectivity index (χ4v) is 3.07. The number of rotatable bonds is 7. The molecule has 1 N–H and O–H groups in total. The van der Waals surface area contributed by atoms with E-state index in [1.54, 1.807) is 0 Å². The summed E-state index contributed by atoms with van der Waals surface area (Å²) in [5, 5.41) is 3.02. The van der Waals surface area contributed by atoms with Gasteiger partial charge in [-0.05, 0) is 31.8 Å². The van der Waals surface area contributed by atoms with Crippen LogP contribution in [-0.4, -0.2) is 46.1 Å². The first kappa shape index (κ1) is 20.9. The van der Waals surface area contributed by atoms with E-state index >= 15 is 0 Å². The molecule has 2 rings (SSSR count). The summed E-state index contributed by atoms with van der Waals surface area (Å²) in [6.07, 6.45) is 10.6. The average molecular weight is 393 g/mol. The third-order valence-corrected chi connectivity index (χ3v) is 4.47. The van der Waals surface area contributed by atoms with E-state index < -0.39 is 12.1 Å². The number of carbonyl (C=O) groups excluding carboxylic acids is 2. The Morgan fingerprint density at radius 1 is 1.41 bits per heavy atom. The quantitative estimate of drug-likeness (QED) is 0.720. The van der Waals surface area contributed by atoms with Crippen LogP contribution in [0.2, 0.25) is 5.15 Å². The first-order valence-electron chi connectivity index (χ1n) is 9.05. The maximum Gasteiger partial charge on any atom is 0.410 e. The molecule has 0 aromatic carbocycles. The van der Waals surface area contributed by atoms with Crippen molar-refractivity contribution in [3.8, 4) is 0 Å². The van der Waals surface area contributed by atoms with Crippen LogP contribution in [0.4, 0.5) is 4.79 Å². The number of allylic oxidation sites excluding steroid dienone is 2. The zero-order valence-corrected chi connectivity index (χ0v) is 16.4. The maximum atomic E-state index is 12.5. The molecule has 2 heterocycles. The van der Waals surface area contributed by atoms with Gasteiger partial charge in [0.1, 0.15) is 12.6 Å². The van der Waals surface area contributed by atoms with Crippen molar-refractivity contribution in [2.45, 2.75) is 45.7 Å². The largest absolute Gasteiger partial charge is 0.445 e. The lowest BCUT2D eigenvalue weighted by Gasteiger charge is -2.23. The molecule has 0 saturated carbocycles. The smallest absolute Gasteiger partial charge is 0.410 e. The van der Waals surface area contributed by atoms with E-state index in [2.05, 4.69) is 15.3 Å². The van der Waals surface area contributed by atoms with Gasteiger partial charge in [-0.15, -0.1) is 0 Å². The standard InChI is InChI=1S/C19H25ClN4O3/c1-3-6-14(7-4-2)13-27-19(26)24-11-5-8-16(24)18(25)23-12-15-17(20)22-10-9-21-15/h3,6-7,9-10,16H,4-5,8,11-13H2,1-2H3,(H,23,25)/b6-3-,14-7+. The minimum atomic E-state index is -0.548. The van der Waals surface area contributed by atoms with Gasteiger partial charge >= 0.3 is 6.09 Å². The fourth-order valence-electron chi connectivity index (χ4n) is 2.89. The number of hydrogen-bond acceptors (Lipinski definition) is 5. The number of nitrogens with zero attached hydrogens (tertiary/aromatic N) is 3. The predicted molar refractivity (Wildman–Crippen MR) is 103 cm³/mol. The second kappa shape index (κ2) is 10.7. The second-order valence-corrected chi connectivity index (χ2v) is 6.46. The van der Waals surface area contributed by atoms with Crippen molar-refractivity contribution in [3.05, 3.63) is 47.0 Å². The van der Waals surface area contributed by atoms with Crippen molar-refractivity contribution in [2.75, 3.05) is 13.2 Å². The van der Waals surface area contributed by atoms with E-state index in [9.17, 15) is 9.59 Å². The van der Waals surface area contributed by atoms with Gasteiger partial charge in [-0.3, -0.25) is 14.7 Å². The van der Waals surface area contributed by atoms with Crippen LogP contribution in [0.15, 0.2) is 36.2 Å². The van der Waals surface area contributed by atoms with Gasteiger partial charge in [0, 0.05) is 18.9 Å². The molecule has 1 aromatic rings. The Bertz CT molecular complexity index is 721. The predicted octanol–water partition coefficient (Wildman–Crippen LogP) is 3.26. The van der Waals surface area contributed by atoms with Crippen molar-refractivity contribution in [1.82, 2.24) is 20.2 Å². The maximum absolute atomic E-state index is 12.5. The fraction of sp³-hybridized carbons (Fsp3) is 0.474. The highest BCUT2D eigenvalue weighted by molar-refractivity contribution is 6.29. The number of hydrogen-bond donors (Lipinski definition) is 1. The summed E-state index contributed by atoms with van der Waals surface area (Å²) < 4.78 is 5.40. The number of aromatic nitrogens is 2. The topological polar surface area (TPSA) is 84.4 Å². The lowest BCUT2D eigenvalue weighted by atomic mass is 10.2. The van der Waals surface area contributed by atoms with Crippen molar-refractivity contribution in [2.24, 2.45) is 0 Å². The van der Waals surface area contributed by atoms with Crippen LogP contribution in [0.25, 0.3) is 0 Å². The van der Waals surface area contributed by atoms with Crippen molar-refractivity contribution < 1.29 is 14.3 Å². The number of nitrogens with one attached hydrogen (secondary N) is 1. The molecule has 1 aliphatic heterocycles. The molecule has 1 atom stereocenters. The molecule has 0 spiro atoms. The van der Waals surface area contributed by atoms with Crippen molar-refractivity contribution in [1.29, 1.82) is 0 Å². The summed E-state index contributed by atoms with van der Waals surface area (Å²) in [4.78, 5) is 34.4. The van der Waals surface area contributed by atoms with E-state index in [0.717, 1.165) is 18.4 Å². The first-order valence-corrected chi connectivity index (χ1v) is 9.42. The summed E-state index contributed by atoms with van der Waals surface area (Å²) >= 11 is 5.95. The molecule has 1 unspecified atom stereocenters. The molecule has 8 heteroatoms. The highest BCUT2D eigenvalue weighted by atomic mass is 35.5. The first-order chi connectivity index (χ1) is 13.1. The van der Waals surface area contributed by atoms with Gasteiger partial charge in [0.15, 0.2) is 5.15 Å². The summed E-state index contributed by atoms with van der Waals surface area (Å²) in [6.45, 7) is 4.79. The Morgan fingerprint density at radius 3 is 2.89 bits per heavy atom. The summed E-state index contributed by atoms with van der Waals surface area (Å²) in [6, 6.07) is -0.548. The summed E-state index contributed by atoms with van der Waals surface area (Å²) in [5.74, 6) is -0.246. The van der Waals surface area contributed by atoms with Crippen LogP contribution < -0.4 is 5.32 Å². The number of amides is 2. The second-order valence-electron chi connectivity index (χ2n) is 6.10. The monoisotopic (exact) mass is 392 g/mol. The Balaban J connectivity index is 1.91. The zero-order chi connectivity index (χ0) is 19.6. The molecule has 2 amide bonds. The highest BCUT2D eigenvalue weighted by Gasteiger charge is 2.35. The van der Waals surface area contributed by atoms with E-state index in [0.29, 0.717) is 18.7 Å². The van der Waals surface area contributed by atoms with Gasteiger partial charge in [0.25, 0.3) is 0 Å². The third kappa shape index (κ3) is 6.06. The number of ether oxygens (including phenoxy) is 1. The molecule has 1 aliphatic rings. The van der Waals surface area contributed by atoms with Gasteiger partial charge in [0.05, 0.1) is 12.2 Å². The van der Waals surface area contributed by atoms with E-state index in [1.807, 2.05) is 32.1 Å². The molecule has 0 radical (unpaired) electrons. The van der Waals surface area contributed by atoms with Gasteiger partial charge < -0.3 is 10.1 Å². The Hall–Kier alpha value is -2.41. The molecular formula is C19H25ClN4O3. The summed E-state index contributed by atoms with van der Waals surface area (Å²) in [5.41, 5.74) is 1.42. The molecule has 1 saturated heterocycles. The lowest BCUT2D eigenvalue weighted by molar-refractivity contribution is -0.125. The van der Waals surface area contributed by atoms with Crippen LogP contribution in [0.1, 0.15) is 38.8 Å². The van der Waals surface area contributed by atoms with E-state index in [1.165, 1.54) is 17.3 Å². The molecule has 1 aromatic heterocycles. The third-order valence-electron chi connectivity index (χ3n) is 4.15. The van der Waals surface area contributed by atoms with Crippen LogP contribution >= 0.6 is 11.6 Å². The zero-order valence-electron chi connectivity index (χ0n) is 15.7. The van der Waals surface area contributed by atoms with Crippen LogP contribution in [0.5, 0.6) is 0 Å². The van der Waals surface area contributed by atoms with Gasteiger partial charge in [-0.2, -0.15) is 0 Å². The number of carbonyl (C=O) groups is 2. The Morgan fingerprint density at radius 2 is 2.19 bits per heavy atom. The SMILES string of the molecule is C/C=C\C(=C/CC)COC(=O)N1CCCC1C(=O)NCc1nccnc1Cl. The lowest BCUT2D eigenvalue weighted by Crippen LogP contribution is -2.46. The van der Waals surface area contributed by atoms with Crippen LogP contribution in [0.3, 0.4) is 0 Å². The molecule has 7 nitrogen and oxygen atoms in total. The minimum Gasteiger partial charge on any atom is -0.445 e. The van der Waals surface area contributed by atoms with Gasteiger partial charge in [-0.1, -0.05) is 36.8 Å². The van der Waals surface area contributed by atoms with Crippen LogP contribution in [-0.2, 0) is 16.1 Å². The van der Waals surface area contributed by atoms with E-state index in [-0.39, 0.29) is 24.2 Å². The number of halogens is 1. The van der Waals surface area contributed by atoms with Crippen LogP contribution in [0, 0.1) is 0 Å².